The Kier molecular flexibility index (Phi) is 3.90. The predicted octanol–water partition coefficient (Wildman–Crippen LogP) is -1.41. The minimum absolute atomic E-state index is 0.192. The van der Waals surface area contributed by atoms with Crippen LogP contribution < -0.4 is 10.3 Å². The van der Waals surface area contributed by atoms with Crippen LogP contribution in [0, 0.1) is 0 Å². The van der Waals surface area contributed by atoms with Gasteiger partial charge in [0.05, 0.1) is 6.54 Å². The molecule has 88 valence electrons. The Labute approximate surface area is 98.0 Å². The Balaban J connectivity index is 1.80. The molecule has 2 fully saturated rings. The van der Waals surface area contributed by atoms with Crippen LogP contribution in [0.1, 0.15) is 19.3 Å². The summed E-state index contributed by atoms with van der Waals surface area (Å²) in [7, 11) is 4.26. The van der Waals surface area contributed by atoms with Crippen LogP contribution >= 0.6 is 0 Å². The SMILES string of the molecule is CN(C)CCC[NH+]1C([S-])NN2CCCC21. The average Bonchev–Trinajstić information content (AvgIpc) is 2.68. The Morgan fingerprint density at radius 1 is 1.53 bits per heavy atom. The molecule has 0 aromatic heterocycles. The van der Waals surface area contributed by atoms with Crippen molar-refractivity contribution in [3.05, 3.63) is 0 Å². The second-order valence-corrected chi connectivity index (χ2v) is 5.31. The van der Waals surface area contributed by atoms with Crippen LogP contribution in [0.25, 0.3) is 0 Å². The zero-order chi connectivity index (χ0) is 10.8. The molecule has 0 amide bonds. The van der Waals surface area contributed by atoms with Gasteiger partial charge in [0.15, 0.2) is 6.17 Å². The van der Waals surface area contributed by atoms with Crippen LogP contribution in [0.2, 0.25) is 0 Å². The molecule has 2 saturated heterocycles. The Morgan fingerprint density at radius 3 is 3.07 bits per heavy atom. The molecule has 2 rings (SSSR count). The number of hydrogen-bond acceptors (Lipinski definition) is 4. The number of fused-ring (bicyclic) bond motifs is 1. The van der Waals surface area contributed by atoms with E-state index in [1.54, 1.807) is 4.90 Å². The highest BCUT2D eigenvalue weighted by Crippen LogP contribution is 2.13. The highest BCUT2D eigenvalue weighted by molar-refractivity contribution is 7.59. The maximum Gasteiger partial charge on any atom is 0.156 e. The van der Waals surface area contributed by atoms with Crippen LogP contribution in [0.3, 0.4) is 0 Å². The van der Waals surface area contributed by atoms with E-state index in [4.69, 9.17) is 12.6 Å². The van der Waals surface area contributed by atoms with Gasteiger partial charge in [-0.1, -0.05) is 0 Å². The summed E-state index contributed by atoms with van der Waals surface area (Å²) in [4.78, 5) is 3.80. The third-order valence-corrected chi connectivity index (χ3v) is 3.78. The quantitative estimate of drug-likeness (QED) is 0.580. The van der Waals surface area contributed by atoms with E-state index in [9.17, 15) is 0 Å². The second-order valence-electron chi connectivity index (χ2n) is 4.84. The lowest BCUT2D eigenvalue weighted by molar-refractivity contribution is -0.927. The molecule has 2 N–H and O–H groups in total. The zero-order valence-corrected chi connectivity index (χ0v) is 10.5. The van der Waals surface area contributed by atoms with Gasteiger partial charge in [-0.3, -0.25) is 0 Å². The number of hydrogen-bond donors (Lipinski definition) is 2. The van der Waals surface area contributed by atoms with Crippen molar-refractivity contribution < 1.29 is 4.90 Å². The number of quaternary nitrogens is 1. The standard InChI is InChI=1S/C10H22N4S/c1-12(2)6-4-7-13-9-5-3-8-14(9)11-10(13)15/h9-11,15H,3-8H2,1-2H3. The molecule has 0 aliphatic carbocycles. The third-order valence-electron chi connectivity index (χ3n) is 3.37. The van der Waals surface area contributed by atoms with Gasteiger partial charge in [0, 0.05) is 31.4 Å². The normalized spacial score (nSPS) is 36.4. The lowest BCUT2D eigenvalue weighted by atomic mass is 10.3. The van der Waals surface area contributed by atoms with Crippen LogP contribution in [0.15, 0.2) is 0 Å². The van der Waals surface area contributed by atoms with Crippen LogP contribution in [0.5, 0.6) is 0 Å². The molecule has 3 unspecified atom stereocenters. The van der Waals surface area contributed by atoms with Crippen LogP contribution in [0.4, 0.5) is 0 Å². The van der Waals surface area contributed by atoms with Gasteiger partial charge in [-0.05, 0) is 20.5 Å². The van der Waals surface area contributed by atoms with Crippen molar-refractivity contribution >= 4 is 12.6 Å². The maximum atomic E-state index is 5.45. The molecule has 15 heavy (non-hydrogen) atoms. The fourth-order valence-corrected chi connectivity index (χ4v) is 3.02. The van der Waals surface area contributed by atoms with Gasteiger partial charge in [-0.2, -0.15) is 5.01 Å². The third kappa shape index (κ3) is 2.65. The molecule has 5 heteroatoms. The first-order chi connectivity index (χ1) is 7.18. The summed E-state index contributed by atoms with van der Waals surface area (Å²) in [6.07, 6.45) is 4.50. The van der Waals surface area contributed by atoms with Crippen LogP contribution in [-0.4, -0.2) is 55.3 Å². The van der Waals surface area contributed by atoms with Crippen molar-refractivity contribution in [1.82, 2.24) is 15.3 Å². The second kappa shape index (κ2) is 5.01. The minimum atomic E-state index is 0.192. The van der Waals surface area contributed by atoms with Gasteiger partial charge in [0.25, 0.3) is 0 Å². The molecule has 0 aromatic carbocycles. The van der Waals surface area contributed by atoms with Gasteiger partial charge >= 0.3 is 0 Å². The first-order valence-corrected chi connectivity index (χ1v) is 6.34. The number of nitrogens with zero attached hydrogens (tertiary/aromatic N) is 2. The molecule has 3 atom stereocenters. The van der Waals surface area contributed by atoms with E-state index >= 15 is 0 Å². The monoisotopic (exact) mass is 230 g/mol. The molecule has 0 bridgehead atoms. The Hall–Kier alpha value is 0.190. The van der Waals surface area contributed by atoms with E-state index in [2.05, 4.69) is 29.4 Å². The molecule has 2 heterocycles. The smallest absolute Gasteiger partial charge is 0.156 e. The summed E-state index contributed by atoms with van der Waals surface area (Å²) in [5.41, 5.74) is 3.59. The fourth-order valence-electron chi connectivity index (χ4n) is 2.61. The van der Waals surface area contributed by atoms with Crippen LogP contribution in [-0.2, 0) is 12.6 Å². The minimum Gasteiger partial charge on any atom is -0.709 e. The van der Waals surface area contributed by atoms with Gasteiger partial charge in [0.1, 0.15) is 0 Å². The van der Waals surface area contributed by atoms with E-state index in [1.807, 2.05) is 0 Å². The Bertz CT molecular complexity index is 212. The molecule has 0 saturated carbocycles. The molecule has 0 radical (unpaired) electrons. The van der Waals surface area contributed by atoms with Crippen molar-refractivity contribution in [2.45, 2.75) is 30.9 Å². The van der Waals surface area contributed by atoms with E-state index in [1.165, 1.54) is 32.4 Å². The largest absolute Gasteiger partial charge is 0.709 e. The fraction of sp³-hybridized carbons (Fsp3) is 1.00. The first-order valence-electron chi connectivity index (χ1n) is 5.87. The number of rotatable bonds is 4. The summed E-state index contributed by atoms with van der Waals surface area (Å²) < 4.78 is 0. The molecular formula is C10H22N4S. The molecule has 2 aliphatic heterocycles. The van der Waals surface area contributed by atoms with E-state index < -0.39 is 0 Å². The summed E-state index contributed by atoms with van der Waals surface area (Å²) in [5, 5.41) is 2.35. The lowest BCUT2D eigenvalue weighted by Gasteiger charge is -2.28. The van der Waals surface area contributed by atoms with Crippen molar-refractivity contribution in [2.75, 3.05) is 33.7 Å². The number of hydrazine groups is 1. The van der Waals surface area contributed by atoms with Crippen molar-refractivity contribution in [1.29, 1.82) is 0 Å². The molecule has 2 aliphatic rings. The Morgan fingerprint density at radius 2 is 2.33 bits per heavy atom. The molecule has 0 spiro atoms. The zero-order valence-electron chi connectivity index (χ0n) is 9.70. The van der Waals surface area contributed by atoms with Gasteiger partial charge in [-0.15, -0.1) is 0 Å². The van der Waals surface area contributed by atoms with Crippen molar-refractivity contribution in [2.24, 2.45) is 0 Å². The van der Waals surface area contributed by atoms with Crippen molar-refractivity contribution in [3.8, 4) is 0 Å². The van der Waals surface area contributed by atoms with E-state index in [-0.39, 0.29) is 5.50 Å². The molecular weight excluding hydrogens is 208 g/mol. The average molecular weight is 230 g/mol. The highest BCUT2D eigenvalue weighted by Gasteiger charge is 2.39. The highest BCUT2D eigenvalue weighted by atomic mass is 32.1. The molecule has 4 nitrogen and oxygen atoms in total. The van der Waals surface area contributed by atoms with E-state index in [0.29, 0.717) is 6.17 Å². The van der Waals surface area contributed by atoms with Gasteiger partial charge < -0.3 is 22.4 Å². The summed E-state index contributed by atoms with van der Waals surface area (Å²) in [6, 6.07) is 0. The number of nitrogens with one attached hydrogen (secondary N) is 2. The van der Waals surface area contributed by atoms with Gasteiger partial charge in [-0.25, -0.2) is 5.43 Å². The van der Waals surface area contributed by atoms with E-state index in [0.717, 1.165) is 6.54 Å². The van der Waals surface area contributed by atoms with Crippen molar-refractivity contribution in [3.63, 3.8) is 0 Å². The first kappa shape index (κ1) is 11.7. The maximum absolute atomic E-state index is 5.45. The summed E-state index contributed by atoms with van der Waals surface area (Å²) in [6.45, 7) is 3.54. The lowest BCUT2D eigenvalue weighted by Crippen LogP contribution is -3.17. The topological polar surface area (TPSA) is 23.0 Å². The summed E-state index contributed by atoms with van der Waals surface area (Å²) >= 11 is 5.45. The summed E-state index contributed by atoms with van der Waals surface area (Å²) in [5.74, 6) is 0. The predicted molar refractivity (Wildman–Crippen MR) is 63.0 cm³/mol. The van der Waals surface area contributed by atoms with Gasteiger partial charge in [0.2, 0.25) is 0 Å². The molecule has 0 aromatic rings.